The van der Waals surface area contributed by atoms with Crippen LogP contribution >= 0.6 is 0 Å². The zero-order valence-electron chi connectivity index (χ0n) is 12.2. The van der Waals surface area contributed by atoms with Gasteiger partial charge in [0, 0.05) is 18.8 Å². The topological polar surface area (TPSA) is 72.8 Å². The SMILES string of the molecule is CC1C(=O)OC2C1CCC(C)C1(CCC(=O)O1)C2(C)O. The Kier molecular flexibility index (Phi) is 2.91. The average molecular weight is 282 g/mol. The van der Waals surface area contributed by atoms with Crippen molar-refractivity contribution < 1.29 is 24.2 Å². The number of esters is 2. The molecule has 3 fully saturated rings. The molecule has 0 aromatic carbocycles. The summed E-state index contributed by atoms with van der Waals surface area (Å²) in [4.78, 5) is 23.5. The lowest BCUT2D eigenvalue weighted by atomic mass is 9.70. The summed E-state index contributed by atoms with van der Waals surface area (Å²) in [6.07, 6.45) is 1.87. The van der Waals surface area contributed by atoms with Crippen LogP contribution in [0.15, 0.2) is 0 Å². The molecule has 0 radical (unpaired) electrons. The van der Waals surface area contributed by atoms with Crippen molar-refractivity contribution in [1.82, 2.24) is 0 Å². The van der Waals surface area contributed by atoms with E-state index in [2.05, 4.69) is 0 Å². The number of hydrogen-bond donors (Lipinski definition) is 1. The van der Waals surface area contributed by atoms with E-state index < -0.39 is 17.3 Å². The Hall–Kier alpha value is -1.10. The van der Waals surface area contributed by atoms with E-state index >= 15 is 0 Å². The molecule has 1 N–H and O–H groups in total. The van der Waals surface area contributed by atoms with Crippen LogP contribution in [0.5, 0.6) is 0 Å². The van der Waals surface area contributed by atoms with Crippen molar-refractivity contribution in [3.63, 3.8) is 0 Å². The van der Waals surface area contributed by atoms with Crippen molar-refractivity contribution in [3.8, 4) is 0 Å². The smallest absolute Gasteiger partial charge is 0.309 e. The summed E-state index contributed by atoms with van der Waals surface area (Å²) in [7, 11) is 0. The number of hydrogen-bond acceptors (Lipinski definition) is 5. The molecule has 2 aliphatic heterocycles. The third kappa shape index (κ3) is 1.59. The van der Waals surface area contributed by atoms with E-state index in [1.807, 2.05) is 13.8 Å². The summed E-state index contributed by atoms with van der Waals surface area (Å²) in [6.45, 7) is 5.53. The summed E-state index contributed by atoms with van der Waals surface area (Å²) < 4.78 is 11.1. The number of carbonyl (C=O) groups excluding carboxylic acids is 2. The molecule has 0 aromatic rings. The van der Waals surface area contributed by atoms with Crippen LogP contribution in [0.25, 0.3) is 0 Å². The number of rotatable bonds is 0. The van der Waals surface area contributed by atoms with Gasteiger partial charge in [0.05, 0.1) is 5.92 Å². The van der Waals surface area contributed by atoms with Gasteiger partial charge in [0.2, 0.25) is 0 Å². The highest BCUT2D eigenvalue weighted by atomic mass is 16.6. The Morgan fingerprint density at radius 2 is 1.95 bits per heavy atom. The molecule has 1 aliphatic carbocycles. The maximum Gasteiger partial charge on any atom is 0.309 e. The second kappa shape index (κ2) is 4.20. The van der Waals surface area contributed by atoms with Crippen LogP contribution in [0.2, 0.25) is 0 Å². The van der Waals surface area contributed by atoms with E-state index in [-0.39, 0.29) is 29.7 Å². The number of fused-ring (bicyclic) bond motifs is 1. The van der Waals surface area contributed by atoms with E-state index in [4.69, 9.17) is 9.47 Å². The van der Waals surface area contributed by atoms with Crippen LogP contribution in [-0.4, -0.2) is 34.4 Å². The number of carbonyl (C=O) groups is 2. The van der Waals surface area contributed by atoms with E-state index in [0.717, 1.165) is 12.8 Å². The van der Waals surface area contributed by atoms with E-state index in [0.29, 0.717) is 12.8 Å². The maximum atomic E-state index is 11.8. The van der Waals surface area contributed by atoms with Gasteiger partial charge in [0.15, 0.2) is 0 Å². The van der Waals surface area contributed by atoms with Crippen molar-refractivity contribution in [2.24, 2.45) is 17.8 Å². The normalized spacial score (nSPS) is 51.6. The van der Waals surface area contributed by atoms with E-state index in [1.165, 1.54) is 0 Å². The third-order valence-corrected chi connectivity index (χ3v) is 5.78. The molecule has 3 aliphatic rings. The van der Waals surface area contributed by atoms with Crippen molar-refractivity contribution in [2.75, 3.05) is 0 Å². The molecule has 6 unspecified atom stereocenters. The summed E-state index contributed by atoms with van der Waals surface area (Å²) in [5.41, 5.74) is -2.26. The fourth-order valence-electron chi connectivity index (χ4n) is 4.40. The molecule has 6 atom stereocenters. The Balaban J connectivity index is 2.04. The lowest BCUT2D eigenvalue weighted by Crippen LogP contribution is -2.62. The maximum absolute atomic E-state index is 11.8. The molecule has 5 heteroatoms. The van der Waals surface area contributed by atoms with E-state index in [1.54, 1.807) is 6.92 Å². The lowest BCUT2D eigenvalue weighted by molar-refractivity contribution is -0.219. The van der Waals surface area contributed by atoms with Gasteiger partial charge < -0.3 is 14.6 Å². The van der Waals surface area contributed by atoms with Crippen LogP contribution in [0.1, 0.15) is 46.5 Å². The zero-order chi connectivity index (χ0) is 14.7. The monoisotopic (exact) mass is 282 g/mol. The summed E-state index contributed by atoms with van der Waals surface area (Å²) in [5.74, 6) is -0.674. The van der Waals surface area contributed by atoms with Crippen LogP contribution < -0.4 is 0 Å². The van der Waals surface area contributed by atoms with Crippen molar-refractivity contribution in [2.45, 2.75) is 63.8 Å². The molecule has 2 heterocycles. The number of aliphatic hydroxyl groups is 1. The molecule has 5 nitrogen and oxygen atoms in total. The van der Waals surface area contributed by atoms with Crippen molar-refractivity contribution in [3.05, 3.63) is 0 Å². The highest BCUT2D eigenvalue weighted by molar-refractivity contribution is 5.76. The second-order valence-corrected chi connectivity index (χ2v) is 6.80. The van der Waals surface area contributed by atoms with Crippen LogP contribution in [0.4, 0.5) is 0 Å². The quantitative estimate of drug-likeness (QED) is 0.680. The Morgan fingerprint density at radius 3 is 2.55 bits per heavy atom. The van der Waals surface area contributed by atoms with Gasteiger partial charge in [-0.25, -0.2) is 0 Å². The predicted molar refractivity (Wildman–Crippen MR) is 69.6 cm³/mol. The molecule has 20 heavy (non-hydrogen) atoms. The summed E-state index contributed by atoms with van der Waals surface area (Å²) in [5, 5.41) is 11.1. The first kappa shape index (κ1) is 13.9. The van der Waals surface area contributed by atoms with Gasteiger partial charge in [-0.15, -0.1) is 0 Å². The van der Waals surface area contributed by atoms with Crippen molar-refractivity contribution in [1.29, 1.82) is 0 Å². The molecule has 2 saturated heterocycles. The van der Waals surface area contributed by atoms with Crippen molar-refractivity contribution >= 4 is 11.9 Å². The zero-order valence-corrected chi connectivity index (χ0v) is 12.2. The van der Waals surface area contributed by atoms with Gasteiger partial charge in [-0.05, 0) is 25.7 Å². The lowest BCUT2D eigenvalue weighted by Gasteiger charge is -2.46. The summed E-state index contributed by atoms with van der Waals surface area (Å²) in [6, 6.07) is 0. The minimum atomic E-state index is -1.33. The summed E-state index contributed by atoms with van der Waals surface area (Å²) >= 11 is 0. The molecule has 1 saturated carbocycles. The average Bonchev–Trinajstić information content (AvgIpc) is 2.89. The fraction of sp³-hybridized carbons (Fsp3) is 0.867. The largest absolute Gasteiger partial charge is 0.459 e. The second-order valence-electron chi connectivity index (χ2n) is 6.80. The molecule has 0 aromatic heterocycles. The number of ether oxygens (including phenoxy) is 2. The first-order valence-corrected chi connectivity index (χ1v) is 7.44. The molecule has 112 valence electrons. The standard InChI is InChI=1S/C15H22O5/c1-8-4-5-10-9(2)13(17)19-12(10)14(3,18)15(8)7-6-11(16)20-15/h8-10,12,18H,4-7H2,1-3H3. The molecule has 0 amide bonds. The van der Waals surface area contributed by atoms with E-state index in [9.17, 15) is 14.7 Å². The van der Waals surface area contributed by atoms with Gasteiger partial charge in [-0.1, -0.05) is 13.8 Å². The van der Waals surface area contributed by atoms with Gasteiger partial charge in [0.1, 0.15) is 17.3 Å². The van der Waals surface area contributed by atoms with Crippen LogP contribution in [-0.2, 0) is 19.1 Å². The van der Waals surface area contributed by atoms with Crippen LogP contribution in [0, 0.1) is 17.8 Å². The Bertz CT molecular complexity index is 457. The molecule has 1 spiro atoms. The van der Waals surface area contributed by atoms with Gasteiger partial charge >= 0.3 is 11.9 Å². The van der Waals surface area contributed by atoms with Gasteiger partial charge in [-0.2, -0.15) is 0 Å². The minimum absolute atomic E-state index is 0.00127. The highest BCUT2D eigenvalue weighted by Crippen LogP contribution is 2.53. The third-order valence-electron chi connectivity index (χ3n) is 5.78. The fourth-order valence-corrected chi connectivity index (χ4v) is 4.40. The first-order chi connectivity index (χ1) is 9.29. The molecular formula is C15H22O5. The van der Waals surface area contributed by atoms with Gasteiger partial charge in [-0.3, -0.25) is 9.59 Å². The molecular weight excluding hydrogens is 260 g/mol. The minimum Gasteiger partial charge on any atom is -0.459 e. The predicted octanol–water partition coefficient (Wildman–Crippen LogP) is 1.42. The molecule has 3 rings (SSSR count). The Labute approximate surface area is 118 Å². The Morgan fingerprint density at radius 1 is 1.25 bits per heavy atom. The molecule has 0 bridgehead atoms. The highest BCUT2D eigenvalue weighted by Gasteiger charge is 2.66. The van der Waals surface area contributed by atoms with Gasteiger partial charge in [0.25, 0.3) is 0 Å². The van der Waals surface area contributed by atoms with Crippen LogP contribution in [0.3, 0.4) is 0 Å². The first-order valence-electron chi connectivity index (χ1n) is 7.44.